The Hall–Kier alpha value is -3.32. The van der Waals surface area contributed by atoms with E-state index >= 15 is 0 Å². The first-order valence-corrected chi connectivity index (χ1v) is 12.9. The molecule has 0 unspecified atom stereocenters. The van der Waals surface area contributed by atoms with E-state index in [-0.39, 0.29) is 11.3 Å². The molecule has 7 N–H and O–H groups in total. The van der Waals surface area contributed by atoms with Crippen molar-refractivity contribution in [2.45, 2.75) is 54.1 Å². The Morgan fingerprint density at radius 3 is 2.17 bits per heavy atom. The molecule has 5 atom stereocenters. The molecule has 12 heteroatoms. The molecule has 3 rings (SSSR count). The van der Waals surface area contributed by atoms with Crippen molar-refractivity contribution in [2.75, 3.05) is 5.75 Å². The summed E-state index contributed by atoms with van der Waals surface area (Å²) in [6.45, 7) is 0. The van der Waals surface area contributed by atoms with Crippen LogP contribution in [-0.2, 0) is 30.6 Å². The van der Waals surface area contributed by atoms with Gasteiger partial charge in [0.1, 0.15) is 23.5 Å². The molecule has 1 saturated carbocycles. The molecule has 0 bridgehead atoms. The molecule has 0 aromatic heterocycles. The van der Waals surface area contributed by atoms with Crippen LogP contribution in [0.3, 0.4) is 0 Å². The Labute approximate surface area is 208 Å². The number of hydrogen-bond acceptors (Lipinski definition) is 8. The largest absolute Gasteiger partial charge is 0.390 e. The van der Waals surface area contributed by atoms with Gasteiger partial charge in [0.2, 0.25) is 11.8 Å². The molecular formula is C24H29N3O8S. The highest BCUT2D eigenvalue weighted by Crippen LogP contribution is 2.30. The van der Waals surface area contributed by atoms with Gasteiger partial charge in [-0.1, -0.05) is 48.5 Å². The van der Waals surface area contributed by atoms with Crippen molar-refractivity contribution in [1.29, 1.82) is 0 Å². The normalized spacial score (nSPS) is 24.9. The molecule has 2 aromatic rings. The van der Waals surface area contributed by atoms with Gasteiger partial charge in [-0.2, -0.15) is 0 Å². The van der Waals surface area contributed by atoms with E-state index in [9.17, 15) is 38.1 Å². The highest BCUT2D eigenvalue weighted by molar-refractivity contribution is 7.92. The number of benzene rings is 2. The molecule has 0 radical (unpaired) electrons. The fraction of sp³-hybridized carbons (Fsp3) is 0.375. The molecule has 1 fully saturated rings. The molecule has 0 aliphatic heterocycles. The summed E-state index contributed by atoms with van der Waals surface area (Å²) in [6, 6.07) is 13.5. The van der Waals surface area contributed by atoms with Gasteiger partial charge in [0.25, 0.3) is 5.91 Å². The van der Waals surface area contributed by atoms with Crippen LogP contribution in [0.1, 0.15) is 18.4 Å². The first-order valence-electron chi connectivity index (χ1n) is 11.2. The lowest BCUT2D eigenvalue weighted by atomic mass is 9.77. The van der Waals surface area contributed by atoms with Crippen molar-refractivity contribution in [3.63, 3.8) is 0 Å². The van der Waals surface area contributed by atoms with Gasteiger partial charge in [-0.15, -0.1) is 0 Å². The van der Waals surface area contributed by atoms with Crippen molar-refractivity contribution in [1.82, 2.24) is 10.6 Å². The van der Waals surface area contributed by atoms with E-state index in [1.54, 1.807) is 36.4 Å². The SMILES string of the molecule is NC(=O)[C@@H](Cc1ccccc1)NC(=O)[C@]1(O)C[C@@H](O)[C@H](O)[C@@H](NC(=O)CS(=O)(=O)c2ccccc2)C1. The van der Waals surface area contributed by atoms with Crippen LogP contribution in [0.25, 0.3) is 0 Å². The highest BCUT2D eigenvalue weighted by atomic mass is 32.2. The third-order valence-electron chi connectivity index (χ3n) is 6.03. The Kier molecular flexibility index (Phi) is 8.46. The monoisotopic (exact) mass is 519 g/mol. The summed E-state index contributed by atoms with van der Waals surface area (Å²) in [7, 11) is -3.99. The minimum Gasteiger partial charge on any atom is -0.390 e. The van der Waals surface area contributed by atoms with Crippen LogP contribution >= 0.6 is 0 Å². The number of rotatable bonds is 9. The maximum absolute atomic E-state index is 13.0. The van der Waals surface area contributed by atoms with Gasteiger partial charge in [-0.05, 0) is 17.7 Å². The van der Waals surface area contributed by atoms with Crippen LogP contribution in [0, 0.1) is 0 Å². The zero-order chi connectivity index (χ0) is 26.5. The molecule has 0 spiro atoms. The number of hydrogen-bond donors (Lipinski definition) is 6. The topological polar surface area (TPSA) is 196 Å². The van der Waals surface area contributed by atoms with Crippen LogP contribution < -0.4 is 16.4 Å². The van der Waals surface area contributed by atoms with E-state index < -0.39 is 76.0 Å². The number of nitrogens with two attached hydrogens (primary N) is 1. The Morgan fingerprint density at radius 1 is 1.00 bits per heavy atom. The summed E-state index contributed by atoms with van der Waals surface area (Å²) in [4.78, 5) is 37.3. The van der Waals surface area contributed by atoms with E-state index in [2.05, 4.69) is 10.6 Å². The van der Waals surface area contributed by atoms with Crippen molar-refractivity contribution >= 4 is 27.6 Å². The van der Waals surface area contributed by atoms with Crippen LogP contribution in [0.5, 0.6) is 0 Å². The lowest BCUT2D eigenvalue weighted by Gasteiger charge is -2.41. The van der Waals surface area contributed by atoms with Crippen molar-refractivity contribution < 1.29 is 38.1 Å². The summed E-state index contributed by atoms with van der Waals surface area (Å²) in [6.07, 6.45) is -4.25. The third kappa shape index (κ3) is 6.66. The second-order valence-corrected chi connectivity index (χ2v) is 10.9. The fourth-order valence-electron chi connectivity index (χ4n) is 4.12. The first-order chi connectivity index (χ1) is 16.9. The van der Waals surface area contributed by atoms with E-state index in [1.165, 1.54) is 24.3 Å². The summed E-state index contributed by atoms with van der Waals surface area (Å²) >= 11 is 0. The fourth-order valence-corrected chi connectivity index (χ4v) is 5.29. The minimum absolute atomic E-state index is 0.0562. The van der Waals surface area contributed by atoms with Gasteiger partial charge in [0, 0.05) is 19.3 Å². The smallest absolute Gasteiger partial charge is 0.252 e. The van der Waals surface area contributed by atoms with E-state index in [4.69, 9.17) is 5.73 Å². The number of amides is 3. The van der Waals surface area contributed by atoms with Gasteiger partial charge < -0.3 is 31.7 Å². The van der Waals surface area contributed by atoms with E-state index in [1.807, 2.05) is 0 Å². The van der Waals surface area contributed by atoms with Gasteiger partial charge in [-0.25, -0.2) is 8.42 Å². The van der Waals surface area contributed by atoms with Gasteiger partial charge in [-0.3, -0.25) is 14.4 Å². The van der Waals surface area contributed by atoms with Gasteiger partial charge in [0.05, 0.1) is 17.0 Å². The predicted octanol–water partition coefficient (Wildman–Crippen LogP) is -1.60. The minimum atomic E-state index is -3.99. The van der Waals surface area contributed by atoms with Crippen molar-refractivity contribution in [3.05, 3.63) is 66.2 Å². The molecule has 2 aromatic carbocycles. The number of carbonyl (C=O) groups is 3. The molecule has 3 amide bonds. The van der Waals surface area contributed by atoms with Gasteiger partial charge in [0.15, 0.2) is 9.84 Å². The molecule has 0 heterocycles. The summed E-state index contributed by atoms with van der Waals surface area (Å²) in [5.41, 5.74) is 3.84. The molecule has 0 saturated heterocycles. The van der Waals surface area contributed by atoms with E-state index in [0.717, 1.165) is 0 Å². The zero-order valence-corrected chi connectivity index (χ0v) is 20.1. The third-order valence-corrected chi connectivity index (χ3v) is 7.67. The van der Waals surface area contributed by atoms with Gasteiger partial charge >= 0.3 is 0 Å². The van der Waals surface area contributed by atoms with Crippen LogP contribution in [0.15, 0.2) is 65.6 Å². The average molecular weight is 520 g/mol. The number of sulfone groups is 1. The number of nitrogens with one attached hydrogen (secondary N) is 2. The van der Waals surface area contributed by atoms with Crippen molar-refractivity contribution in [3.8, 4) is 0 Å². The van der Waals surface area contributed by atoms with Crippen molar-refractivity contribution in [2.24, 2.45) is 5.73 Å². The second-order valence-electron chi connectivity index (χ2n) is 8.86. The molecule has 36 heavy (non-hydrogen) atoms. The maximum atomic E-state index is 13.0. The number of primary amides is 1. The maximum Gasteiger partial charge on any atom is 0.252 e. The lowest BCUT2D eigenvalue weighted by molar-refractivity contribution is -0.160. The average Bonchev–Trinajstić information content (AvgIpc) is 2.82. The van der Waals surface area contributed by atoms with E-state index in [0.29, 0.717) is 5.56 Å². The Bertz CT molecular complexity index is 1190. The molecule has 11 nitrogen and oxygen atoms in total. The number of aliphatic hydroxyl groups excluding tert-OH is 2. The van der Waals surface area contributed by atoms with Crippen LogP contribution in [0.2, 0.25) is 0 Å². The summed E-state index contributed by atoms with van der Waals surface area (Å²) in [5.74, 6) is -3.80. The Morgan fingerprint density at radius 2 is 1.58 bits per heavy atom. The predicted molar refractivity (Wildman–Crippen MR) is 128 cm³/mol. The number of carbonyl (C=O) groups excluding carboxylic acids is 3. The standard InChI is InChI=1S/C24H29N3O8S/c25-22(31)17(11-15-7-3-1-4-8-15)27-23(32)24(33)12-18(21(30)19(28)13-24)26-20(29)14-36(34,35)16-9-5-2-6-10-16/h1-10,17-19,21,28,30,33H,11-14H2,(H2,25,31)(H,26,29)(H,27,32)/t17-,18+,19-,21-,24-/m1/s1. The van der Waals surface area contributed by atoms with Crippen LogP contribution in [-0.4, -0.2) is 77.1 Å². The second kappa shape index (κ2) is 11.2. The molecule has 194 valence electrons. The Balaban J connectivity index is 1.70. The quantitative estimate of drug-likeness (QED) is 0.228. The summed E-state index contributed by atoms with van der Waals surface area (Å²) < 4.78 is 24.9. The van der Waals surface area contributed by atoms with Crippen LogP contribution in [0.4, 0.5) is 0 Å². The molecular weight excluding hydrogens is 490 g/mol. The first kappa shape index (κ1) is 27.3. The zero-order valence-electron chi connectivity index (χ0n) is 19.3. The number of aliphatic hydroxyl groups is 3. The summed E-state index contributed by atoms with van der Waals surface area (Å²) in [5, 5.41) is 36.3. The lowest BCUT2D eigenvalue weighted by Crippen LogP contribution is -2.64. The molecule has 1 aliphatic carbocycles. The molecule has 1 aliphatic rings. The highest BCUT2D eigenvalue weighted by Gasteiger charge is 2.49.